The Bertz CT molecular complexity index is 648. The number of carbonyl (C=O) groups is 1. The minimum atomic E-state index is -0.355. The van der Waals surface area contributed by atoms with Gasteiger partial charge in [-0.25, -0.2) is 0 Å². The minimum absolute atomic E-state index is 0.0866. The Morgan fingerprint density at radius 2 is 1.67 bits per heavy atom. The molecule has 2 rings (SSSR count). The van der Waals surface area contributed by atoms with Gasteiger partial charge in [0.1, 0.15) is 0 Å². The lowest BCUT2D eigenvalue weighted by molar-refractivity contribution is -0.128. The van der Waals surface area contributed by atoms with E-state index in [9.17, 15) is 4.79 Å². The Hall–Kier alpha value is -1.56. The van der Waals surface area contributed by atoms with Crippen molar-refractivity contribution in [3.8, 4) is 0 Å². The molecule has 0 saturated carbocycles. The fraction of sp³-hybridized carbons (Fsp3) is 0.350. The summed E-state index contributed by atoms with van der Waals surface area (Å²) in [5, 5.41) is 6.62. The van der Waals surface area contributed by atoms with E-state index in [1.54, 1.807) is 0 Å². The van der Waals surface area contributed by atoms with Crippen LogP contribution in [0.5, 0.6) is 0 Å². The highest BCUT2D eigenvalue weighted by molar-refractivity contribution is 14.1. The van der Waals surface area contributed by atoms with Gasteiger partial charge in [0.2, 0.25) is 5.91 Å². The molecule has 128 valence electrons. The van der Waals surface area contributed by atoms with Crippen molar-refractivity contribution in [3.63, 3.8) is 0 Å². The SMILES string of the molecule is CC(C)(C)C(=O)NCCC(Nc1ccc(I)cc1)c1ccccc1. The van der Waals surface area contributed by atoms with Crippen molar-refractivity contribution in [2.45, 2.75) is 33.2 Å². The van der Waals surface area contributed by atoms with E-state index in [1.807, 2.05) is 39.0 Å². The van der Waals surface area contributed by atoms with Crippen molar-refractivity contribution < 1.29 is 4.79 Å². The molecule has 4 heteroatoms. The largest absolute Gasteiger partial charge is 0.378 e. The van der Waals surface area contributed by atoms with E-state index in [1.165, 1.54) is 9.13 Å². The maximum absolute atomic E-state index is 12.0. The first-order chi connectivity index (χ1) is 11.4. The number of rotatable bonds is 6. The smallest absolute Gasteiger partial charge is 0.225 e. The van der Waals surface area contributed by atoms with Crippen LogP contribution >= 0.6 is 22.6 Å². The molecule has 0 saturated heterocycles. The normalized spacial score (nSPS) is 12.5. The van der Waals surface area contributed by atoms with Gasteiger partial charge in [0, 0.05) is 21.2 Å². The molecule has 2 N–H and O–H groups in total. The number of amides is 1. The fourth-order valence-electron chi connectivity index (χ4n) is 2.35. The Morgan fingerprint density at radius 1 is 1.04 bits per heavy atom. The molecule has 24 heavy (non-hydrogen) atoms. The van der Waals surface area contributed by atoms with Crippen LogP contribution in [-0.2, 0) is 4.79 Å². The summed E-state index contributed by atoms with van der Waals surface area (Å²) in [6.45, 7) is 6.44. The molecule has 0 radical (unpaired) electrons. The van der Waals surface area contributed by atoms with Crippen LogP contribution in [0.4, 0.5) is 5.69 Å². The third kappa shape index (κ3) is 5.82. The lowest BCUT2D eigenvalue weighted by Gasteiger charge is -2.23. The molecule has 2 aromatic carbocycles. The van der Waals surface area contributed by atoms with Crippen LogP contribution in [0.2, 0.25) is 0 Å². The van der Waals surface area contributed by atoms with Gasteiger partial charge >= 0.3 is 0 Å². The second-order valence-corrected chi connectivity index (χ2v) is 8.15. The summed E-state index contributed by atoms with van der Waals surface area (Å²) in [6, 6.07) is 18.9. The topological polar surface area (TPSA) is 41.1 Å². The summed E-state index contributed by atoms with van der Waals surface area (Å²) in [5.74, 6) is 0.0866. The molecular weight excluding hydrogens is 411 g/mol. The van der Waals surface area contributed by atoms with Gasteiger partial charge in [-0.2, -0.15) is 0 Å². The summed E-state index contributed by atoms with van der Waals surface area (Å²) >= 11 is 2.30. The molecule has 0 aliphatic rings. The van der Waals surface area contributed by atoms with E-state index in [2.05, 4.69) is 69.6 Å². The number of benzene rings is 2. The molecule has 0 aliphatic carbocycles. The molecule has 1 amide bonds. The maximum atomic E-state index is 12.0. The van der Waals surface area contributed by atoms with Crippen molar-refractivity contribution in [1.29, 1.82) is 0 Å². The third-order valence-electron chi connectivity index (χ3n) is 3.79. The molecule has 0 heterocycles. The van der Waals surface area contributed by atoms with Gasteiger partial charge in [-0.15, -0.1) is 0 Å². The molecule has 0 aliphatic heterocycles. The highest BCUT2D eigenvalue weighted by atomic mass is 127. The average Bonchev–Trinajstić information content (AvgIpc) is 2.55. The second-order valence-electron chi connectivity index (χ2n) is 6.91. The molecule has 3 nitrogen and oxygen atoms in total. The average molecular weight is 436 g/mol. The van der Waals surface area contributed by atoms with Gasteiger partial charge in [0.05, 0.1) is 6.04 Å². The van der Waals surface area contributed by atoms with Crippen LogP contribution in [0.25, 0.3) is 0 Å². The van der Waals surface area contributed by atoms with Crippen molar-refractivity contribution in [3.05, 3.63) is 63.7 Å². The van der Waals surface area contributed by atoms with Gasteiger partial charge in [-0.3, -0.25) is 4.79 Å². The predicted octanol–water partition coefficient (Wildman–Crippen LogP) is 5.00. The molecule has 1 unspecified atom stereocenters. The molecule has 0 aromatic heterocycles. The number of hydrogen-bond donors (Lipinski definition) is 2. The van der Waals surface area contributed by atoms with E-state index >= 15 is 0 Å². The Labute approximate surface area is 158 Å². The first-order valence-electron chi connectivity index (χ1n) is 8.21. The van der Waals surface area contributed by atoms with Crippen LogP contribution in [-0.4, -0.2) is 12.5 Å². The van der Waals surface area contributed by atoms with E-state index in [4.69, 9.17) is 0 Å². The van der Waals surface area contributed by atoms with E-state index in [-0.39, 0.29) is 17.4 Å². The van der Waals surface area contributed by atoms with Gasteiger partial charge in [-0.05, 0) is 58.8 Å². The highest BCUT2D eigenvalue weighted by Crippen LogP contribution is 2.23. The third-order valence-corrected chi connectivity index (χ3v) is 4.51. The summed E-state index contributed by atoms with van der Waals surface area (Å²) < 4.78 is 1.21. The lowest BCUT2D eigenvalue weighted by Crippen LogP contribution is -2.36. The van der Waals surface area contributed by atoms with Crippen LogP contribution in [0.15, 0.2) is 54.6 Å². The highest BCUT2D eigenvalue weighted by Gasteiger charge is 2.21. The van der Waals surface area contributed by atoms with E-state index < -0.39 is 0 Å². The molecule has 0 bridgehead atoms. The predicted molar refractivity (Wildman–Crippen MR) is 109 cm³/mol. The fourth-order valence-corrected chi connectivity index (χ4v) is 2.71. The zero-order chi connectivity index (χ0) is 17.6. The zero-order valence-corrected chi connectivity index (χ0v) is 16.6. The molecule has 2 aromatic rings. The first kappa shape index (κ1) is 18.8. The standard InChI is InChI=1S/C20H25IN2O/c1-20(2,3)19(24)22-14-13-18(15-7-5-4-6-8-15)23-17-11-9-16(21)10-12-17/h4-12,18,23H,13-14H2,1-3H3,(H,22,24). The van der Waals surface area contributed by atoms with Crippen molar-refractivity contribution in [1.82, 2.24) is 5.32 Å². The minimum Gasteiger partial charge on any atom is -0.378 e. The van der Waals surface area contributed by atoms with Crippen molar-refractivity contribution in [2.75, 3.05) is 11.9 Å². The lowest BCUT2D eigenvalue weighted by atomic mass is 9.95. The van der Waals surface area contributed by atoms with E-state index in [0.29, 0.717) is 6.54 Å². The van der Waals surface area contributed by atoms with E-state index in [0.717, 1.165) is 12.1 Å². The van der Waals surface area contributed by atoms with Crippen molar-refractivity contribution in [2.24, 2.45) is 5.41 Å². The Balaban J connectivity index is 2.04. The number of hydrogen-bond acceptors (Lipinski definition) is 2. The van der Waals surface area contributed by atoms with Crippen LogP contribution < -0.4 is 10.6 Å². The number of halogens is 1. The van der Waals surface area contributed by atoms with Gasteiger partial charge in [0.15, 0.2) is 0 Å². The second kappa shape index (κ2) is 8.51. The first-order valence-corrected chi connectivity index (χ1v) is 9.29. The number of anilines is 1. The zero-order valence-electron chi connectivity index (χ0n) is 14.5. The summed E-state index contributed by atoms with van der Waals surface area (Å²) in [5.41, 5.74) is 1.96. The number of nitrogens with one attached hydrogen (secondary N) is 2. The molecule has 1 atom stereocenters. The molecular formula is C20H25IN2O. The summed E-state index contributed by atoms with van der Waals surface area (Å²) in [6.07, 6.45) is 0.831. The van der Waals surface area contributed by atoms with Gasteiger partial charge in [-0.1, -0.05) is 51.1 Å². The van der Waals surface area contributed by atoms with Crippen LogP contribution in [0.1, 0.15) is 38.8 Å². The molecule has 0 fully saturated rings. The molecule has 0 spiro atoms. The summed E-state index contributed by atoms with van der Waals surface area (Å²) in [4.78, 5) is 12.0. The van der Waals surface area contributed by atoms with Crippen molar-refractivity contribution >= 4 is 34.2 Å². The van der Waals surface area contributed by atoms with Gasteiger partial charge in [0.25, 0.3) is 0 Å². The van der Waals surface area contributed by atoms with Gasteiger partial charge < -0.3 is 10.6 Å². The summed E-state index contributed by atoms with van der Waals surface area (Å²) in [7, 11) is 0. The Morgan fingerprint density at radius 3 is 2.25 bits per heavy atom. The van der Waals surface area contributed by atoms with Crippen LogP contribution in [0.3, 0.4) is 0 Å². The monoisotopic (exact) mass is 436 g/mol. The Kier molecular flexibility index (Phi) is 6.66. The number of carbonyl (C=O) groups excluding carboxylic acids is 1. The van der Waals surface area contributed by atoms with Crippen LogP contribution in [0, 0.1) is 8.99 Å². The maximum Gasteiger partial charge on any atom is 0.225 e. The quantitative estimate of drug-likeness (QED) is 0.626.